The Morgan fingerprint density at radius 1 is 1.30 bits per heavy atom. The van der Waals surface area contributed by atoms with Crippen molar-refractivity contribution in [3.63, 3.8) is 0 Å². The Kier molecular flexibility index (Phi) is 9.33. The predicted molar refractivity (Wildman–Crippen MR) is 121 cm³/mol. The quantitative estimate of drug-likeness (QED) is 0.343. The summed E-state index contributed by atoms with van der Waals surface area (Å²) >= 11 is 6.26. The Hall–Kier alpha value is -1.35. The summed E-state index contributed by atoms with van der Waals surface area (Å²) < 4.78 is 2.08. The average Bonchev–Trinajstić information content (AvgIpc) is 3.32. The van der Waals surface area contributed by atoms with Crippen molar-refractivity contribution in [1.29, 1.82) is 0 Å². The molecule has 0 bridgehead atoms. The highest BCUT2D eigenvalue weighted by Gasteiger charge is 2.16. The molecular weight excluding hydrogens is 475 g/mol. The lowest BCUT2D eigenvalue weighted by atomic mass is 10.2. The average molecular weight is 503 g/mol. The van der Waals surface area contributed by atoms with E-state index in [0.29, 0.717) is 12.6 Å². The maximum atomic E-state index is 6.26. The summed E-state index contributed by atoms with van der Waals surface area (Å²) in [5, 5.41) is 15.9. The van der Waals surface area contributed by atoms with Gasteiger partial charge in [0.1, 0.15) is 12.2 Å². The van der Waals surface area contributed by atoms with Gasteiger partial charge in [-0.2, -0.15) is 0 Å². The van der Waals surface area contributed by atoms with Crippen LogP contribution in [-0.2, 0) is 19.5 Å². The van der Waals surface area contributed by atoms with Gasteiger partial charge in [-0.05, 0) is 24.5 Å². The molecule has 1 aromatic heterocycles. The smallest absolute Gasteiger partial charge is 0.191 e. The van der Waals surface area contributed by atoms with Crippen LogP contribution < -0.4 is 10.6 Å². The Morgan fingerprint density at radius 2 is 2.07 bits per heavy atom. The standard InChI is InChI=1S/C19H27ClN6.HI/c1-2-18-25-23-14-26(18)12-11-21-19(24-16-8-4-5-9-16)22-13-15-7-3-6-10-17(15)20;/h3,6-7,10,14,16H,2,4-5,8-9,11-13H2,1H3,(H2,21,22,24);1H. The lowest BCUT2D eigenvalue weighted by Gasteiger charge is -2.18. The van der Waals surface area contributed by atoms with Crippen molar-refractivity contribution in [1.82, 2.24) is 25.4 Å². The van der Waals surface area contributed by atoms with Crippen LogP contribution in [-0.4, -0.2) is 33.3 Å². The Balaban J connectivity index is 0.00000261. The second-order valence-electron chi connectivity index (χ2n) is 6.60. The molecule has 1 aliphatic carbocycles. The number of hydrogen-bond donors (Lipinski definition) is 2. The van der Waals surface area contributed by atoms with Gasteiger partial charge in [0.25, 0.3) is 0 Å². The number of aliphatic imine (C=N–C) groups is 1. The first-order chi connectivity index (χ1) is 12.8. The molecule has 0 unspecified atom stereocenters. The maximum absolute atomic E-state index is 6.26. The van der Waals surface area contributed by atoms with Crippen LogP contribution in [0.1, 0.15) is 44.0 Å². The van der Waals surface area contributed by atoms with Crippen molar-refractivity contribution in [2.45, 2.75) is 58.2 Å². The van der Waals surface area contributed by atoms with Crippen LogP contribution in [0, 0.1) is 0 Å². The van der Waals surface area contributed by atoms with Crippen molar-refractivity contribution >= 4 is 41.5 Å². The van der Waals surface area contributed by atoms with E-state index in [-0.39, 0.29) is 24.0 Å². The highest BCUT2D eigenvalue weighted by molar-refractivity contribution is 14.0. The summed E-state index contributed by atoms with van der Waals surface area (Å²) in [5.74, 6) is 1.85. The van der Waals surface area contributed by atoms with Crippen molar-refractivity contribution < 1.29 is 0 Å². The molecule has 1 aromatic carbocycles. The minimum absolute atomic E-state index is 0. The van der Waals surface area contributed by atoms with Crippen molar-refractivity contribution in [2.75, 3.05) is 6.54 Å². The molecule has 0 atom stereocenters. The molecule has 0 saturated heterocycles. The maximum Gasteiger partial charge on any atom is 0.191 e. The first-order valence-corrected chi connectivity index (χ1v) is 9.79. The van der Waals surface area contributed by atoms with Gasteiger partial charge in [-0.25, -0.2) is 4.99 Å². The summed E-state index contributed by atoms with van der Waals surface area (Å²) in [6, 6.07) is 8.36. The molecule has 6 nitrogen and oxygen atoms in total. The van der Waals surface area contributed by atoms with Gasteiger partial charge in [-0.3, -0.25) is 0 Å². The molecule has 8 heteroatoms. The zero-order chi connectivity index (χ0) is 18.2. The number of aryl methyl sites for hydroxylation is 1. The third kappa shape index (κ3) is 6.64. The van der Waals surface area contributed by atoms with Crippen LogP contribution in [0.2, 0.25) is 5.02 Å². The topological polar surface area (TPSA) is 67.1 Å². The van der Waals surface area contributed by atoms with Gasteiger partial charge in [0.15, 0.2) is 5.96 Å². The monoisotopic (exact) mass is 502 g/mol. The van der Waals surface area contributed by atoms with Gasteiger partial charge >= 0.3 is 0 Å². The Bertz CT molecular complexity index is 726. The number of benzene rings is 1. The lowest BCUT2D eigenvalue weighted by molar-refractivity contribution is 0.593. The molecule has 1 aliphatic rings. The lowest BCUT2D eigenvalue weighted by Crippen LogP contribution is -2.43. The number of nitrogens with one attached hydrogen (secondary N) is 2. The number of aromatic nitrogens is 3. The highest BCUT2D eigenvalue weighted by Crippen LogP contribution is 2.18. The summed E-state index contributed by atoms with van der Waals surface area (Å²) in [5.41, 5.74) is 1.04. The minimum atomic E-state index is 0. The number of guanidine groups is 1. The van der Waals surface area contributed by atoms with Crippen LogP contribution in [0.15, 0.2) is 35.6 Å². The minimum Gasteiger partial charge on any atom is -0.355 e. The molecule has 0 aliphatic heterocycles. The number of hydrogen-bond acceptors (Lipinski definition) is 3. The summed E-state index contributed by atoms with van der Waals surface area (Å²) in [6.07, 6.45) is 7.65. The van der Waals surface area contributed by atoms with Gasteiger partial charge in [0.05, 0.1) is 6.54 Å². The van der Waals surface area contributed by atoms with Gasteiger partial charge in [0, 0.05) is 30.6 Å². The van der Waals surface area contributed by atoms with E-state index in [4.69, 9.17) is 16.6 Å². The van der Waals surface area contributed by atoms with E-state index in [1.807, 2.05) is 24.3 Å². The van der Waals surface area contributed by atoms with Crippen LogP contribution in [0.4, 0.5) is 0 Å². The molecule has 3 rings (SSSR count). The molecule has 2 aromatic rings. The molecule has 148 valence electrons. The molecule has 1 heterocycles. The van der Waals surface area contributed by atoms with Crippen LogP contribution in [0.5, 0.6) is 0 Å². The van der Waals surface area contributed by atoms with Crippen molar-refractivity contribution in [2.24, 2.45) is 4.99 Å². The van der Waals surface area contributed by atoms with Crippen molar-refractivity contribution in [3.8, 4) is 0 Å². The van der Waals surface area contributed by atoms with Crippen LogP contribution in [0.3, 0.4) is 0 Å². The molecule has 0 radical (unpaired) electrons. The SMILES string of the molecule is CCc1nncn1CCNC(=NCc1ccccc1Cl)NC1CCCC1.I. The molecule has 27 heavy (non-hydrogen) atoms. The van der Waals surface area contributed by atoms with Crippen LogP contribution in [0.25, 0.3) is 0 Å². The molecule has 2 N–H and O–H groups in total. The molecule has 0 amide bonds. The number of halogens is 2. The largest absolute Gasteiger partial charge is 0.355 e. The van der Waals surface area contributed by atoms with E-state index in [1.54, 1.807) is 6.33 Å². The van der Waals surface area contributed by atoms with Gasteiger partial charge < -0.3 is 15.2 Å². The Labute approximate surface area is 183 Å². The molecule has 1 fully saturated rings. The molecule has 0 spiro atoms. The second kappa shape index (κ2) is 11.5. The van der Waals surface area contributed by atoms with E-state index in [0.717, 1.165) is 41.9 Å². The summed E-state index contributed by atoms with van der Waals surface area (Å²) in [7, 11) is 0. The van der Waals surface area contributed by atoms with Crippen molar-refractivity contribution in [3.05, 3.63) is 47.0 Å². The summed E-state index contributed by atoms with van der Waals surface area (Å²) in [4.78, 5) is 4.75. The zero-order valence-corrected chi connectivity index (χ0v) is 18.8. The third-order valence-electron chi connectivity index (χ3n) is 4.72. The first-order valence-electron chi connectivity index (χ1n) is 9.41. The highest BCUT2D eigenvalue weighted by atomic mass is 127. The fraction of sp³-hybridized carbons (Fsp3) is 0.526. The first kappa shape index (κ1) is 21.9. The van der Waals surface area contributed by atoms with Gasteiger partial charge in [0.2, 0.25) is 0 Å². The number of rotatable bonds is 7. The fourth-order valence-corrected chi connectivity index (χ4v) is 3.44. The molecular formula is C19H28ClIN6. The number of nitrogens with zero attached hydrogens (tertiary/aromatic N) is 4. The van der Waals surface area contributed by atoms with Gasteiger partial charge in [-0.15, -0.1) is 34.2 Å². The third-order valence-corrected chi connectivity index (χ3v) is 5.09. The van der Waals surface area contributed by atoms with E-state index in [2.05, 4.69) is 32.3 Å². The predicted octanol–water partition coefficient (Wildman–Crippen LogP) is 3.79. The van der Waals surface area contributed by atoms with Gasteiger partial charge in [-0.1, -0.05) is 49.6 Å². The van der Waals surface area contributed by atoms with Crippen LogP contribution >= 0.6 is 35.6 Å². The normalized spacial score (nSPS) is 14.8. The van der Waals surface area contributed by atoms with E-state index in [1.165, 1.54) is 25.7 Å². The summed E-state index contributed by atoms with van der Waals surface area (Å²) in [6.45, 7) is 4.24. The fourth-order valence-electron chi connectivity index (χ4n) is 3.24. The van der Waals surface area contributed by atoms with E-state index < -0.39 is 0 Å². The Morgan fingerprint density at radius 3 is 2.81 bits per heavy atom. The van der Waals surface area contributed by atoms with E-state index >= 15 is 0 Å². The van der Waals surface area contributed by atoms with E-state index in [9.17, 15) is 0 Å². The molecule has 1 saturated carbocycles. The zero-order valence-electron chi connectivity index (χ0n) is 15.7. The second-order valence-corrected chi connectivity index (χ2v) is 7.01.